The van der Waals surface area contributed by atoms with Crippen molar-refractivity contribution >= 4 is 27.8 Å². The highest BCUT2D eigenvalue weighted by Gasteiger charge is 2.35. The number of hydrogen-bond donors (Lipinski definition) is 2. The molecule has 3 rings (SSSR count). The van der Waals surface area contributed by atoms with Crippen LogP contribution < -0.4 is 0 Å². The Balaban J connectivity index is 1.75. The molecule has 1 aliphatic heterocycles. The van der Waals surface area contributed by atoms with Crippen molar-refractivity contribution < 1.29 is 14.7 Å². The molecule has 1 aliphatic carbocycles. The van der Waals surface area contributed by atoms with Crippen molar-refractivity contribution in [2.75, 3.05) is 13.1 Å². The third-order valence-electron chi connectivity index (χ3n) is 3.75. The van der Waals surface area contributed by atoms with Gasteiger partial charge in [-0.25, -0.2) is 0 Å². The molecule has 1 aromatic rings. The number of likely N-dealkylation sites (tertiary alicyclic amines) is 1. The standard InChI is InChI=1S/C12H14BrN3O3/c13-8-9(6-1-2-6)14-15-10(8)11(17)16-4-3-7(5-16)12(18)19/h6-7H,1-5H2,(H,14,15)(H,18,19). The van der Waals surface area contributed by atoms with Gasteiger partial charge in [0.25, 0.3) is 5.91 Å². The number of carbonyl (C=O) groups excluding carboxylic acids is 1. The third kappa shape index (κ3) is 2.27. The van der Waals surface area contributed by atoms with Crippen LogP contribution in [0.1, 0.15) is 41.4 Å². The lowest BCUT2D eigenvalue weighted by molar-refractivity contribution is -0.141. The summed E-state index contributed by atoms with van der Waals surface area (Å²) in [7, 11) is 0. The van der Waals surface area contributed by atoms with Crippen molar-refractivity contribution in [1.29, 1.82) is 0 Å². The molecule has 102 valence electrons. The molecule has 2 N–H and O–H groups in total. The summed E-state index contributed by atoms with van der Waals surface area (Å²) in [5.41, 5.74) is 1.35. The normalized spacial score (nSPS) is 22.8. The fraction of sp³-hybridized carbons (Fsp3) is 0.583. The molecule has 0 spiro atoms. The van der Waals surface area contributed by atoms with Gasteiger partial charge in [-0.1, -0.05) is 0 Å². The van der Waals surface area contributed by atoms with Crippen molar-refractivity contribution in [1.82, 2.24) is 15.1 Å². The topological polar surface area (TPSA) is 86.3 Å². The predicted octanol–water partition coefficient (Wildman–Crippen LogP) is 1.60. The quantitative estimate of drug-likeness (QED) is 0.882. The number of hydrogen-bond acceptors (Lipinski definition) is 3. The lowest BCUT2D eigenvalue weighted by Crippen LogP contribution is -2.30. The van der Waals surface area contributed by atoms with Gasteiger partial charge in [0.1, 0.15) is 0 Å². The maximum atomic E-state index is 12.3. The van der Waals surface area contributed by atoms with Gasteiger partial charge in [0.2, 0.25) is 0 Å². The van der Waals surface area contributed by atoms with Gasteiger partial charge in [0.05, 0.1) is 16.1 Å². The summed E-state index contributed by atoms with van der Waals surface area (Å²) in [6.07, 6.45) is 2.76. The number of carboxylic acids is 1. The summed E-state index contributed by atoms with van der Waals surface area (Å²) in [5.74, 6) is -1.01. The number of amides is 1. The van der Waals surface area contributed by atoms with Crippen molar-refractivity contribution in [3.63, 3.8) is 0 Å². The third-order valence-corrected chi connectivity index (χ3v) is 4.55. The van der Waals surface area contributed by atoms with Crippen LogP contribution in [0.2, 0.25) is 0 Å². The van der Waals surface area contributed by atoms with Crippen LogP contribution in [0.15, 0.2) is 4.47 Å². The fourth-order valence-electron chi connectivity index (χ4n) is 2.42. The van der Waals surface area contributed by atoms with E-state index in [9.17, 15) is 9.59 Å². The lowest BCUT2D eigenvalue weighted by Gasteiger charge is -2.14. The molecule has 1 saturated carbocycles. The van der Waals surface area contributed by atoms with E-state index in [1.807, 2.05) is 0 Å². The summed E-state index contributed by atoms with van der Waals surface area (Å²) in [5, 5.41) is 15.9. The molecule has 1 amide bonds. The summed E-state index contributed by atoms with van der Waals surface area (Å²) >= 11 is 3.43. The molecule has 19 heavy (non-hydrogen) atoms. The van der Waals surface area contributed by atoms with E-state index in [0.29, 0.717) is 24.6 Å². The molecule has 0 aromatic carbocycles. The van der Waals surface area contributed by atoms with Gasteiger partial charge in [0, 0.05) is 19.0 Å². The van der Waals surface area contributed by atoms with Gasteiger partial charge < -0.3 is 10.0 Å². The summed E-state index contributed by atoms with van der Waals surface area (Å²) < 4.78 is 0.735. The number of nitrogens with one attached hydrogen (secondary N) is 1. The van der Waals surface area contributed by atoms with Crippen molar-refractivity contribution in [2.24, 2.45) is 5.92 Å². The molecule has 0 radical (unpaired) electrons. The zero-order chi connectivity index (χ0) is 13.6. The highest BCUT2D eigenvalue weighted by atomic mass is 79.9. The molecule has 0 bridgehead atoms. The minimum atomic E-state index is -0.838. The maximum absolute atomic E-state index is 12.3. The number of aliphatic carboxylic acids is 1. The smallest absolute Gasteiger partial charge is 0.308 e. The monoisotopic (exact) mass is 327 g/mol. The van der Waals surface area contributed by atoms with Crippen LogP contribution in [-0.2, 0) is 4.79 Å². The summed E-state index contributed by atoms with van der Waals surface area (Å²) in [6, 6.07) is 0. The van der Waals surface area contributed by atoms with Crippen LogP contribution in [0.25, 0.3) is 0 Å². The molecule has 1 saturated heterocycles. The van der Waals surface area contributed by atoms with Gasteiger partial charge >= 0.3 is 5.97 Å². The second-order valence-corrected chi connectivity index (χ2v) is 5.94. The van der Waals surface area contributed by atoms with E-state index in [-0.39, 0.29) is 12.5 Å². The average molecular weight is 328 g/mol. The average Bonchev–Trinajstić information content (AvgIpc) is 2.96. The van der Waals surface area contributed by atoms with Crippen LogP contribution >= 0.6 is 15.9 Å². The van der Waals surface area contributed by atoms with Crippen LogP contribution in [0, 0.1) is 5.92 Å². The van der Waals surface area contributed by atoms with Crippen LogP contribution in [-0.4, -0.2) is 45.2 Å². The second kappa shape index (κ2) is 4.63. The molecular weight excluding hydrogens is 314 g/mol. The minimum absolute atomic E-state index is 0.196. The largest absolute Gasteiger partial charge is 0.481 e. The maximum Gasteiger partial charge on any atom is 0.308 e. The highest BCUT2D eigenvalue weighted by molar-refractivity contribution is 9.10. The molecule has 2 fully saturated rings. The number of halogens is 1. The first-order valence-electron chi connectivity index (χ1n) is 6.33. The van der Waals surface area contributed by atoms with E-state index in [4.69, 9.17) is 5.11 Å². The Kier molecular flexibility index (Phi) is 3.08. The predicted molar refractivity (Wildman–Crippen MR) is 69.9 cm³/mol. The van der Waals surface area contributed by atoms with Crippen LogP contribution in [0.3, 0.4) is 0 Å². The number of carbonyl (C=O) groups is 2. The second-order valence-electron chi connectivity index (χ2n) is 5.15. The summed E-state index contributed by atoms with van der Waals surface area (Å²) in [6.45, 7) is 0.750. The fourth-order valence-corrected chi connectivity index (χ4v) is 3.09. The lowest BCUT2D eigenvalue weighted by atomic mass is 10.1. The zero-order valence-electron chi connectivity index (χ0n) is 10.2. The van der Waals surface area contributed by atoms with E-state index in [2.05, 4.69) is 26.1 Å². The molecular formula is C12H14BrN3O3. The van der Waals surface area contributed by atoms with Crippen molar-refractivity contribution in [3.05, 3.63) is 15.9 Å². The summed E-state index contributed by atoms with van der Waals surface area (Å²) in [4.78, 5) is 24.8. The molecule has 1 unspecified atom stereocenters. The Bertz CT molecular complexity index is 538. The first-order valence-corrected chi connectivity index (χ1v) is 7.13. The molecule has 6 nitrogen and oxygen atoms in total. The van der Waals surface area contributed by atoms with E-state index in [1.54, 1.807) is 4.90 Å². The van der Waals surface area contributed by atoms with E-state index in [1.165, 1.54) is 0 Å². The minimum Gasteiger partial charge on any atom is -0.481 e. The zero-order valence-corrected chi connectivity index (χ0v) is 11.8. The van der Waals surface area contributed by atoms with Crippen LogP contribution in [0.4, 0.5) is 0 Å². The molecule has 1 atom stereocenters. The number of rotatable bonds is 3. The Morgan fingerprint density at radius 3 is 2.68 bits per heavy atom. The number of carboxylic acid groups (broad SMARTS) is 1. The van der Waals surface area contributed by atoms with E-state index >= 15 is 0 Å². The Labute approximate surface area is 118 Å². The van der Waals surface area contributed by atoms with Gasteiger partial charge in [-0.15, -0.1) is 0 Å². The first kappa shape index (κ1) is 12.7. The van der Waals surface area contributed by atoms with Gasteiger partial charge in [-0.2, -0.15) is 5.10 Å². The van der Waals surface area contributed by atoms with Gasteiger partial charge in [-0.05, 0) is 35.2 Å². The number of H-pyrrole nitrogens is 1. The Hall–Kier alpha value is -1.37. The Morgan fingerprint density at radius 2 is 2.11 bits per heavy atom. The van der Waals surface area contributed by atoms with E-state index < -0.39 is 11.9 Å². The van der Waals surface area contributed by atoms with Gasteiger partial charge in [0.15, 0.2) is 5.69 Å². The SMILES string of the molecule is O=C(O)C1CCN(C(=O)c2n[nH]c(C3CC3)c2Br)C1. The van der Waals surface area contributed by atoms with Crippen LogP contribution in [0.5, 0.6) is 0 Å². The van der Waals surface area contributed by atoms with E-state index in [0.717, 1.165) is 23.0 Å². The van der Waals surface area contributed by atoms with Crippen molar-refractivity contribution in [2.45, 2.75) is 25.2 Å². The molecule has 2 aliphatic rings. The highest BCUT2D eigenvalue weighted by Crippen LogP contribution is 2.43. The molecule has 2 heterocycles. The first-order chi connectivity index (χ1) is 9.08. The molecule has 1 aromatic heterocycles. The number of aromatic nitrogens is 2. The Morgan fingerprint density at radius 1 is 1.37 bits per heavy atom. The van der Waals surface area contributed by atoms with Crippen molar-refractivity contribution in [3.8, 4) is 0 Å². The van der Waals surface area contributed by atoms with Gasteiger partial charge in [-0.3, -0.25) is 14.7 Å². The molecule has 7 heteroatoms. The number of nitrogens with zero attached hydrogens (tertiary/aromatic N) is 2. The number of aromatic amines is 1.